The zero-order valence-electron chi connectivity index (χ0n) is 18.4. The number of carbonyl (C=O) groups excluding carboxylic acids is 1. The van der Waals surface area contributed by atoms with Gasteiger partial charge in [0.1, 0.15) is 0 Å². The van der Waals surface area contributed by atoms with Crippen LogP contribution in [0.3, 0.4) is 0 Å². The van der Waals surface area contributed by atoms with E-state index in [1.54, 1.807) is 0 Å². The molecule has 3 heteroatoms. The topological polar surface area (TPSA) is 46.5 Å². The van der Waals surface area contributed by atoms with E-state index in [4.69, 9.17) is 4.74 Å². The van der Waals surface area contributed by atoms with Crippen molar-refractivity contribution in [2.45, 2.75) is 130 Å². The minimum Gasteiger partial charge on any atom is -0.466 e. The molecule has 27 heavy (non-hydrogen) atoms. The molecule has 0 heterocycles. The highest BCUT2D eigenvalue weighted by Gasteiger charge is 2.03. The number of hydrogen-bond acceptors (Lipinski definition) is 3. The molecule has 0 aliphatic heterocycles. The first kappa shape index (κ1) is 26.2. The van der Waals surface area contributed by atoms with Gasteiger partial charge in [0.05, 0.1) is 12.7 Å². The van der Waals surface area contributed by atoms with Crippen molar-refractivity contribution in [1.82, 2.24) is 0 Å². The van der Waals surface area contributed by atoms with Crippen molar-refractivity contribution in [2.24, 2.45) is 0 Å². The maximum Gasteiger partial charge on any atom is 0.302 e. The molecule has 0 fully saturated rings. The lowest BCUT2D eigenvalue weighted by Gasteiger charge is -2.09. The molecule has 0 rings (SSSR count). The third-order valence-corrected chi connectivity index (χ3v) is 5.18. The van der Waals surface area contributed by atoms with Gasteiger partial charge in [-0.25, -0.2) is 0 Å². The number of rotatable bonds is 19. The second-order valence-corrected chi connectivity index (χ2v) is 8.06. The summed E-state index contributed by atoms with van der Waals surface area (Å²) in [6.07, 6.45) is 21.8. The van der Waals surface area contributed by atoms with Crippen LogP contribution in [0.1, 0.15) is 124 Å². The van der Waals surface area contributed by atoms with Crippen LogP contribution in [0.25, 0.3) is 0 Å². The molecule has 0 radical (unpaired) electrons. The highest BCUT2D eigenvalue weighted by molar-refractivity contribution is 5.65. The van der Waals surface area contributed by atoms with Gasteiger partial charge in [-0.1, -0.05) is 102 Å². The average molecular weight is 383 g/mol. The molecule has 1 N–H and O–H groups in total. The van der Waals surface area contributed by atoms with Gasteiger partial charge in [-0.2, -0.15) is 0 Å². The molecule has 0 saturated heterocycles. The van der Waals surface area contributed by atoms with Gasteiger partial charge in [0.25, 0.3) is 0 Å². The first-order valence-corrected chi connectivity index (χ1v) is 11.5. The van der Waals surface area contributed by atoms with E-state index in [1.807, 2.05) is 6.92 Å². The molecule has 0 aromatic carbocycles. The number of aliphatic hydroxyl groups is 1. The molecule has 0 spiro atoms. The molecule has 3 nitrogen and oxygen atoms in total. The lowest BCUT2D eigenvalue weighted by molar-refractivity contribution is -0.140. The molecule has 0 saturated carbocycles. The Bertz CT molecular complexity index is 363. The lowest BCUT2D eigenvalue weighted by atomic mass is 10.0. The molecule has 160 valence electrons. The van der Waals surface area contributed by atoms with Crippen LogP contribution in [-0.2, 0) is 9.53 Å². The Morgan fingerprint density at radius 2 is 1.33 bits per heavy atom. The minimum absolute atomic E-state index is 0.231. The maximum absolute atomic E-state index is 10.7. The van der Waals surface area contributed by atoms with Crippen molar-refractivity contribution in [2.75, 3.05) is 6.61 Å². The molecule has 0 amide bonds. The normalized spacial score (nSPS) is 13.0. The monoisotopic (exact) mass is 382 g/mol. The number of carbonyl (C=O) groups is 1. The van der Waals surface area contributed by atoms with Gasteiger partial charge in [0.2, 0.25) is 0 Å². The van der Waals surface area contributed by atoms with Crippen molar-refractivity contribution in [3.8, 4) is 0 Å². The van der Waals surface area contributed by atoms with Gasteiger partial charge in [-0.3, -0.25) is 4.79 Å². The van der Waals surface area contributed by atoms with Crippen molar-refractivity contribution in [3.63, 3.8) is 0 Å². The predicted octanol–water partition coefficient (Wildman–Crippen LogP) is 7.12. The number of esters is 1. The van der Waals surface area contributed by atoms with E-state index in [1.165, 1.54) is 89.5 Å². The molecule has 0 aromatic heterocycles. The Morgan fingerprint density at radius 1 is 0.852 bits per heavy atom. The van der Waals surface area contributed by atoms with Crippen LogP contribution in [0.5, 0.6) is 0 Å². The van der Waals surface area contributed by atoms with E-state index >= 15 is 0 Å². The highest BCUT2D eigenvalue weighted by atomic mass is 16.5. The third kappa shape index (κ3) is 21.3. The van der Waals surface area contributed by atoms with Crippen LogP contribution in [0, 0.1) is 0 Å². The summed E-state index contributed by atoms with van der Waals surface area (Å²) in [6.45, 7) is 6.17. The summed E-state index contributed by atoms with van der Waals surface area (Å²) < 4.78 is 4.93. The van der Waals surface area contributed by atoms with E-state index < -0.39 is 0 Å². The Balaban J connectivity index is 3.35. The van der Waals surface area contributed by atoms with E-state index in [9.17, 15) is 9.90 Å². The molecule has 1 atom stereocenters. The van der Waals surface area contributed by atoms with Gasteiger partial charge in [0.15, 0.2) is 0 Å². The first-order valence-electron chi connectivity index (χ1n) is 11.5. The number of ether oxygens (including phenoxy) is 1. The van der Waals surface area contributed by atoms with Gasteiger partial charge < -0.3 is 9.84 Å². The standard InChI is InChI=1S/C24H46O3/c1-4-5-6-7-8-9-10-11-12-13-14-15-16-17-24(26)19-18-22(2)20-21-27-23(3)25/h18,24,26H,4-17,19-21H2,1-3H3/b22-18-/t24-/m0/s1. The summed E-state index contributed by atoms with van der Waals surface area (Å²) in [4.78, 5) is 10.7. The molecule has 0 unspecified atom stereocenters. The van der Waals surface area contributed by atoms with E-state index in [0.29, 0.717) is 13.0 Å². The lowest BCUT2D eigenvalue weighted by Crippen LogP contribution is -2.05. The largest absolute Gasteiger partial charge is 0.466 e. The zero-order chi connectivity index (χ0) is 20.2. The second-order valence-electron chi connectivity index (χ2n) is 8.06. The van der Waals surface area contributed by atoms with Crippen molar-refractivity contribution in [3.05, 3.63) is 11.6 Å². The summed E-state index contributed by atoms with van der Waals surface area (Å²) in [5, 5.41) is 10.1. The molecule has 0 aromatic rings. The minimum atomic E-state index is -0.235. The Kier molecular flexibility index (Phi) is 19.3. The van der Waals surface area contributed by atoms with E-state index in [-0.39, 0.29) is 12.1 Å². The van der Waals surface area contributed by atoms with Crippen LogP contribution >= 0.6 is 0 Å². The van der Waals surface area contributed by atoms with Crippen LogP contribution in [-0.4, -0.2) is 23.8 Å². The van der Waals surface area contributed by atoms with Gasteiger partial charge in [-0.05, 0) is 19.8 Å². The molecular weight excluding hydrogens is 336 g/mol. The second kappa shape index (κ2) is 19.9. The molecular formula is C24H46O3. The molecule has 0 bridgehead atoms. The van der Waals surface area contributed by atoms with Crippen molar-refractivity contribution < 1.29 is 14.6 Å². The maximum atomic E-state index is 10.7. The van der Waals surface area contributed by atoms with Crippen molar-refractivity contribution in [1.29, 1.82) is 0 Å². The van der Waals surface area contributed by atoms with Gasteiger partial charge in [0, 0.05) is 13.3 Å². The van der Waals surface area contributed by atoms with Crippen LogP contribution in [0.2, 0.25) is 0 Å². The average Bonchev–Trinajstić information content (AvgIpc) is 2.63. The zero-order valence-corrected chi connectivity index (χ0v) is 18.4. The SMILES string of the molecule is CCCCCCCCCCCCCCC[C@H](O)C/C=C(/C)CCOC(C)=O. The summed E-state index contributed by atoms with van der Waals surface area (Å²) in [7, 11) is 0. The molecule has 0 aliphatic rings. The van der Waals surface area contributed by atoms with Crippen molar-refractivity contribution >= 4 is 5.97 Å². The van der Waals surface area contributed by atoms with E-state index in [0.717, 1.165) is 19.3 Å². The fourth-order valence-electron chi connectivity index (χ4n) is 3.31. The van der Waals surface area contributed by atoms with Crippen LogP contribution < -0.4 is 0 Å². The smallest absolute Gasteiger partial charge is 0.302 e. The Morgan fingerprint density at radius 3 is 1.81 bits per heavy atom. The number of unbranched alkanes of at least 4 members (excludes halogenated alkanes) is 12. The summed E-state index contributed by atoms with van der Waals surface area (Å²) in [6, 6.07) is 0. The predicted molar refractivity (Wildman–Crippen MR) is 116 cm³/mol. The van der Waals surface area contributed by atoms with Gasteiger partial charge >= 0.3 is 5.97 Å². The fourth-order valence-corrected chi connectivity index (χ4v) is 3.31. The molecule has 0 aliphatic carbocycles. The number of hydrogen-bond donors (Lipinski definition) is 1. The number of aliphatic hydroxyl groups excluding tert-OH is 1. The van der Waals surface area contributed by atoms with Crippen LogP contribution in [0.4, 0.5) is 0 Å². The van der Waals surface area contributed by atoms with Crippen LogP contribution in [0.15, 0.2) is 11.6 Å². The summed E-state index contributed by atoms with van der Waals surface area (Å²) >= 11 is 0. The fraction of sp³-hybridized carbons (Fsp3) is 0.875. The third-order valence-electron chi connectivity index (χ3n) is 5.18. The van der Waals surface area contributed by atoms with Gasteiger partial charge in [-0.15, -0.1) is 0 Å². The first-order chi connectivity index (χ1) is 13.1. The Hall–Kier alpha value is -0.830. The summed E-state index contributed by atoms with van der Waals surface area (Å²) in [5.74, 6) is -0.231. The van der Waals surface area contributed by atoms with E-state index in [2.05, 4.69) is 13.0 Å². The Labute approximate surface area is 169 Å². The summed E-state index contributed by atoms with van der Waals surface area (Å²) in [5.41, 5.74) is 1.18. The highest BCUT2D eigenvalue weighted by Crippen LogP contribution is 2.14. The quantitative estimate of drug-likeness (QED) is 0.147.